The summed E-state index contributed by atoms with van der Waals surface area (Å²) in [4.78, 5) is 22.0. The van der Waals surface area contributed by atoms with Gasteiger partial charge in [-0.2, -0.15) is 0 Å². The molecule has 0 amide bonds. The second-order valence-corrected chi connectivity index (χ2v) is 3.96. The molecule has 0 aliphatic heterocycles. The molecule has 0 unspecified atom stereocenters. The highest BCUT2D eigenvalue weighted by Crippen LogP contribution is 2.03. The van der Waals surface area contributed by atoms with Gasteiger partial charge >= 0.3 is 11.9 Å². The van der Waals surface area contributed by atoms with E-state index in [4.69, 9.17) is 14.2 Å². The fourth-order valence-electron chi connectivity index (χ4n) is 1.16. The van der Waals surface area contributed by atoms with Crippen molar-refractivity contribution in [3.05, 3.63) is 25.3 Å². The Kier molecular flexibility index (Phi) is 10.5. The predicted octanol–water partition coefficient (Wildman–Crippen LogP) is 1.88. The Labute approximate surface area is 114 Å². The van der Waals surface area contributed by atoms with Crippen molar-refractivity contribution in [2.75, 3.05) is 26.4 Å². The highest BCUT2D eigenvalue weighted by Gasteiger charge is 2.13. The molecule has 0 radical (unpaired) electrons. The van der Waals surface area contributed by atoms with Crippen LogP contribution in [0.3, 0.4) is 0 Å². The van der Waals surface area contributed by atoms with E-state index in [0.717, 1.165) is 25.0 Å². The number of esters is 2. The number of unbranched alkanes of at least 4 members (excludes halogenated alkanes) is 1. The smallest absolute Gasteiger partial charge is 0.330 e. The predicted molar refractivity (Wildman–Crippen MR) is 71.5 cm³/mol. The zero-order valence-electron chi connectivity index (χ0n) is 11.4. The van der Waals surface area contributed by atoms with Crippen molar-refractivity contribution >= 4 is 11.9 Å². The van der Waals surface area contributed by atoms with Gasteiger partial charge in [-0.3, -0.25) is 0 Å². The Morgan fingerprint density at radius 1 is 1.05 bits per heavy atom. The quantitative estimate of drug-likeness (QED) is 0.326. The molecular weight excluding hydrogens is 248 g/mol. The lowest BCUT2D eigenvalue weighted by Crippen LogP contribution is -2.24. The van der Waals surface area contributed by atoms with Gasteiger partial charge in [-0.25, -0.2) is 9.59 Å². The topological polar surface area (TPSA) is 61.8 Å². The average molecular weight is 270 g/mol. The number of ether oxygens (including phenoxy) is 3. The monoisotopic (exact) mass is 270 g/mol. The number of carbonyl (C=O) groups excluding carboxylic acids is 2. The fraction of sp³-hybridized carbons (Fsp3) is 0.571. The minimum absolute atomic E-state index is 0.126. The fourth-order valence-corrected chi connectivity index (χ4v) is 1.16. The van der Waals surface area contributed by atoms with Crippen molar-refractivity contribution in [2.24, 2.45) is 5.92 Å². The van der Waals surface area contributed by atoms with E-state index < -0.39 is 11.9 Å². The Morgan fingerprint density at radius 2 is 1.58 bits per heavy atom. The minimum atomic E-state index is -0.506. The summed E-state index contributed by atoms with van der Waals surface area (Å²) in [6.45, 7) is 9.94. The number of carbonyl (C=O) groups is 2. The lowest BCUT2D eigenvalue weighted by molar-refractivity contribution is -0.144. The van der Waals surface area contributed by atoms with Crippen LogP contribution in [-0.2, 0) is 23.8 Å². The van der Waals surface area contributed by atoms with Gasteiger partial charge in [0.05, 0.1) is 25.7 Å². The van der Waals surface area contributed by atoms with Gasteiger partial charge in [0.2, 0.25) is 0 Å². The van der Waals surface area contributed by atoms with Crippen LogP contribution >= 0.6 is 0 Å². The van der Waals surface area contributed by atoms with Gasteiger partial charge in [0.15, 0.2) is 0 Å². The molecule has 0 aliphatic carbocycles. The Bertz CT molecular complexity index is 274. The summed E-state index contributed by atoms with van der Waals surface area (Å²) in [5, 5.41) is 0. The first kappa shape index (κ1) is 17.4. The Morgan fingerprint density at radius 3 is 2.00 bits per heavy atom. The highest BCUT2D eigenvalue weighted by atomic mass is 16.5. The van der Waals surface area contributed by atoms with E-state index in [-0.39, 0.29) is 19.1 Å². The molecule has 19 heavy (non-hydrogen) atoms. The Hall–Kier alpha value is -1.62. The zero-order chi connectivity index (χ0) is 14.5. The van der Waals surface area contributed by atoms with Gasteiger partial charge in [-0.1, -0.05) is 26.5 Å². The molecule has 0 heterocycles. The molecule has 0 aliphatic rings. The largest absolute Gasteiger partial charge is 0.462 e. The van der Waals surface area contributed by atoms with Crippen LogP contribution < -0.4 is 0 Å². The standard InChI is InChI=1S/C14H22O5/c1-4-7-8-17-9-12(10-18-13(15)5-2)11-19-14(16)6-3/h5-6,12H,2-4,7-11H2,1H3. The van der Waals surface area contributed by atoms with Crippen LogP contribution in [0.15, 0.2) is 25.3 Å². The molecule has 0 bridgehead atoms. The lowest BCUT2D eigenvalue weighted by Gasteiger charge is -2.16. The molecule has 108 valence electrons. The molecule has 0 saturated carbocycles. The number of hydrogen-bond donors (Lipinski definition) is 0. The summed E-state index contributed by atoms with van der Waals surface area (Å²) >= 11 is 0. The summed E-state index contributed by atoms with van der Waals surface area (Å²) < 4.78 is 15.3. The van der Waals surface area contributed by atoms with Crippen LogP contribution in [0.2, 0.25) is 0 Å². The second-order valence-electron chi connectivity index (χ2n) is 3.96. The van der Waals surface area contributed by atoms with E-state index in [1.807, 2.05) is 0 Å². The Balaban J connectivity index is 4.05. The number of hydrogen-bond acceptors (Lipinski definition) is 5. The molecule has 0 spiro atoms. The summed E-state index contributed by atoms with van der Waals surface area (Å²) in [7, 11) is 0. The molecule has 5 nitrogen and oxygen atoms in total. The van der Waals surface area contributed by atoms with Gasteiger partial charge in [-0.05, 0) is 6.42 Å². The summed E-state index contributed by atoms with van der Waals surface area (Å²) in [5.74, 6) is -1.20. The zero-order valence-corrected chi connectivity index (χ0v) is 11.4. The molecule has 0 saturated heterocycles. The van der Waals surface area contributed by atoms with E-state index >= 15 is 0 Å². The maximum absolute atomic E-state index is 11.0. The highest BCUT2D eigenvalue weighted by molar-refractivity contribution is 5.81. The van der Waals surface area contributed by atoms with Crippen molar-refractivity contribution in [1.29, 1.82) is 0 Å². The second kappa shape index (κ2) is 11.5. The third kappa shape index (κ3) is 10.0. The van der Waals surface area contributed by atoms with Crippen molar-refractivity contribution in [3.63, 3.8) is 0 Å². The van der Waals surface area contributed by atoms with Crippen LogP contribution in [0.25, 0.3) is 0 Å². The van der Waals surface area contributed by atoms with Gasteiger partial charge in [0, 0.05) is 18.8 Å². The van der Waals surface area contributed by atoms with Crippen molar-refractivity contribution in [2.45, 2.75) is 19.8 Å². The third-order valence-electron chi connectivity index (χ3n) is 2.25. The van der Waals surface area contributed by atoms with E-state index in [1.54, 1.807) is 0 Å². The van der Waals surface area contributed by atoms with Crippen LogP contribution in [0, 0.1) is 5.92 Å². The molecule has 0 fully saturated rings. The first-order valence-electron chi connectivity index (χ1n) is 6.30. The molecule has 0 atom stereocenters. The van der Waals surface area contributed by atoms with E-state index in [2.05, 4.69) is 20.1 Å². The van der Waals surface area contributed by atoms with Gasteiger partial charge in [0.25, 0.3) is 0 Å². The SMILES string of the molecule is C=CC(=O)OCC(COCCCC)COC(=O)C=C. The maximum atomic E-state index is 11.0. The summed E-state index contributed by atoms with van der Waals surface area (Å²) in [6.07, 6.45) is 4.18. The molecule has 5 heteroatoms. The number of rotatable bonds is 11. The molecule has 0 N–H and O–H groups in total. The van der Waals surface area contributed by atoms with Gasteiger partial charge in [-0.15, -0.1) is 0 Å². The minimum Gasteiger partial charge on any atom is -0.462 e. The van der Waals surface area contributed by atoms with Crippen LogP contribution in [0.4, 0.5) is 0 Å². The first-order chi connectivity index (χ1) is 9.13. The van der Waals surface area contributed by atoms with Crippen molar-refractivity contribution in [3.8, 4) is 0 Å². The molecule has 0 aromatic carbocycles. The lowest BCUT2D eigenvalue weighted by atomic mass is 10.2. The normalized spacial score (nSPS) is 10.0. The maximum Gasteiger partial charge on any atom is 0.330 e. The average Bonchev–Trinajstić information content (AvgIpc) is 2.44. The molecule has 0 rings (SSSR count). The molecular formula is C14H22O5. The van der Waals surface area contributed by atoms with Gasteiger partial charge in [0.1, 0.15) is 0 Å². The molecule has 0 aromatic rings. The van der Waals surface area contributed by atoms with Gasteiger partial charge < -0.3 is 14.2 Å². The summed E-state index contributed by atoms with van der Waals surface area (Å²) in [5.41, 5.74) is 0. The van der Waals surface area contributed by atoms with Crippen LogP contribution in [-0.4, -0.2) is 38.4 Å². The molecule has 0 aromatic heterocycles. The third-order valence-corrected chi connectivity index (χ3v) is 2.25. The van der Waals surface area contributed by atoms with Crippen molar-refractivity contribution < 1.29 is 23.8 Å². The summed E-state index contributed by atoms with van der Waals surface area (Å²) in [6, 6.07) is 0. The van der Waals surface area contributed by atoms with E-state index in [0.29, 0.717) is 13.2 Å². The van der Waals surface area contributed by atoms with Crippen molar-refractivity contribution in [1.82, 2.24) is 0 Å². The van der Waals surface area contributed by atoms with Crippen LogP contribution in [0.5, 0.6) is 0 Å². The first-order valence-corrected chi connectivity index (χ1v) is 6.30. The van der Waals surface area contributed by atoms with E-state index in [1.165, 1.54) is 0 Å². The van der Waals surface area contributed by atoms with Crippen LogP contribution in [0.1, 0.15) is 19.8 Å². The van der Waals surface area contributed by atoms with E-state index in [9.17, 15) is 9.59 Å².